The summed E-state index contributed by atoms with van der Waals surface area (Å²) in [5.41, 5.74) is 3.92. The molecule has 0 saturated heterocycles. The first kappa shape index (κ1) is 19.4. The highest BCUT2D eigenvalue weighted by molar-refractivity contribution is 6.12. The lowest BCUT2D eigenvalue weighted by atomic mass is 10.1. The van der Waals surface area contributed by atoms with Crippen molar-refractivity contribution in [1.82, 2.24) is 15.3 Å². The van der Waals surface area contributed by atoms with Crippen LogP contribution in [0, 0.1) is 0 Å². The SMILES string of the molecule is O=C(Nc1ccc2cc[nH]c2c1)/C(=C/c1c[nH]c2ccccc12)NC(=O)c1ccccc1. The predicted octanol–water partition coefficient (Wildman–Crippen LogP) is 5.06. The van der Waals surface area contributed by atoms with Crippen LogP contribution in [-0.2, 0) is 4.79 Å². The number of anilines is 1. The summed E-state index contributed by atoms with van der Waals surface area (Å²) in [7, 11) is 0. The number of para-hydroxylation sites is 1. The number of fused-ring (bicyclic) bond motifs is 2. The van der Waals surface area contributed by atoms with Crippen molar-refractivity contribution in [3.63, 3.8) is 0 Å². The molecule has 5 aromatic rings. The first-order valence-electron chi connectivity index (χ1n) is 10.2. The Balaban J connectivity index is 1.49. The van der Waals surface area contributed by atoms with E-state index in [0.717, 1.165) is 27.4 Å². The van der Waals surface area contributed by atoms with Gasteiger partial charge in [-0.2, -0.15) is 0 Å². The molecule has 0 fully saturated rings. The Kier molecular flexibility index (Phi) is 5.01. The second-order valence-electron chi connectivity index (χ2n) is 7.40. The van der Waals surface area contributed by atoms with Crippen molar-refractivity contribution >= 4 is 45.4 Å². The maximum Gasteiger partial charge on any atom is 0.272 e. The number of nitrogens with one attached hydrogen (secondary N) is 4. The maximum absolute atomic E-state index is 13.2. The number of carbonyl (C=O) groups is 2. The molecule has 6 nitrogen and oxygen atoms in total. The molecule has 0 aliphatic heterocycles. The molecule has 156 valence electrons. The normalized spacial score (nSPS) is 11.6. The zero-order valence-corrected chi connectivity index (χ0v) is 17.1. The van der Waals surface area contributed by atoms with E-state index in [1.807, 2.05) is 67.0 Å². The van der Waals surface area contributed by atoms with Gasteiger partial charge < -0.3 is 20.6 Å². The van der Waals surface area contributed by atoms with Crippen molar-refractivity contribution in [2.75, 3.05) is 5.32 Å². The van der Waals surface area contributed by atoms with Gasteiger partial charge in [0.25, 0.3) is 11.8 Å². The van der Waals surface area contributed by atoms with E-state index in [0.29, 0.717) is 11.3 Å². The molecular weight excluding hydrogens is 400 g/mol. The average molecular weight is 420 g/mol. The molecule has 0 saturated carbocycles. The van der Waals surface area contributed by atoms with Gasteiger partial charge in [0.2, 0.25) is 0 Å². The minimum atomic E-state index is -0.412. The number of H-pyrrole nitrogens is 2. The summed E-state index contributed by atoms with van der Waals surface area (Å²) < 4.78 is 0. The molecule has 2 amide bonds. The van der Waals surface area contributed by atoms with Crippen LogP contribution in [0.4, 0.5) is 5.69 Å². The number of aromatic amines is 2. The van der Waals surface area contributed by atoms with Gasteiger partial charge in [0.1, 0.15) is 5.70 Å². The molecule has 0 atom stereocenters. The number of aromatic nitrogens is 2. The molecule has 4 N–H and O–H groups in total. The van der Waals surface area contributed by atoms with Crippen molar-refractivity contribution in [3.05, 3.63) is 108 Å². The summed E-state index contributed by atoms with van der Waals surface area (Å²) in [6.07, 6.45) is 5.35. The molecule has 0 spiro atoms. The quantitative estimate of drug-likeness (QED) is 0.300. The highest BCUT2D eigenvalue weighted by atomic mass is 16.2. The van der Waals surface area contributed by atoms with Crippen molar-refractivity contribution in [1.29, 1.82) is 0 Å². The molecule has 0 aliphatic carbocycles. The van der Waals surface area contributed by atoms with Crippen molar-refractivity contribution in [2.24, 2.45) is 0 Å². The second-order valence-corrected chi connectivity index (χ2v) is 7.40. The second kappa shape index (κ2) is 8.28. The monoisotopic (exact) mass is 420 g/mol. The Morgan fingerprint density at radius 1 is 0.812 bits per heavy atom. The van der Waals surface area contributed by atoms with Gasteiger partial charge in [-0.25, -0.2) is 0 Å². The maximum atomic E-state index is 13.2. The fourth-order valence-corrected chi connectivity index (χ4v) is 3.64. The van der Waals surface area contributed by atoms with Gasteiger partial charge in [-0.15, -0.1) is 0 Å². The summed E-state index contributed by atoms with van der Waals surface area (Å²) in [6.45, 7) is 0. The van der Waals surface area contributed by atoms with Gasteiger partial charge in [0, 0.05) is 45.6 Å². The van der Waals surface area contributed by atoms with Gasteiger partial charge in [-0.1, -0.05) is 42.5 Å². The zero-order chi connectivity index (χ0) is 21.9. The van der Waals surface area contributed by atoms with Crippen LogP contribution in [0.2, 0.25) is 0 Å². The Morgan fingerprint density at radius 2 is 1.62 bits per heavy atom. The van der Waals surface area contributed by atoms with Gasteiger partial charge >= 0.3 is 0 Å². The Bertz CT molecular complexity index is 1460. The van der Waals surface area contributed by atoms with Crippen LogP contribution in [0.5, 0.6) is 0 Å². The molecule has 0 bridgehead atoms. The van der Waals surface area contributed by atoms with Crippen LogP contribution >= 0.6 is 0 Å². The Morgan fingerprint density at radius 3 is 2.50 bits per heavy atom. The fraction of sp³-hybridized carbons (Fsp3) is 0. The van der Waals surface area contributed by atoms with E-state index in [1.165, 1.54) is 0 Å². The lowest BCUT2D eigenvalue weighted by Gasteiger charge is -2.11. The van der Waals surface area contributed by atoms with E-state index < -0.39 is 5.91 Å². The predicted molar refractivity (Wildman–Crippen MR) is 127 cm³/mol. The highest BCUT2D eigenvalue weighted by Gasteiger charge is 2.16. The first-order valence-corrected chi connectivity index (χ1v) is 10.2. The van der Waals surface area contributed by atoms with E-state index in [-0.39, 0.29) is 11.6 Å². The number of carbonyl (C=O) groups excluding carboxylic acids is 2. The number of hydrogen-bond acceptors (Lipinski definition) is 2. The van der Waals surface area contributed by atoms with E-state index >= 15 is 0 Å². The molecule has 2 heterocycles. The zero-order valence-electron chi connectivity index (χ0n) is 17.1. The Hall–Kier alpha value is -4.58. The molecule has 0 unspecified atom stereocenters. The van der Waals surface area contributed by atoms with Crippen LogP contribution in [0.25, 0.3) is 27.9 Å². The van der Waals surface area contributed by atoms with Crippen molar-refractivity contribution in [2.45, 2.75) is 0 Å². The van der Waals surface area contributed by atoms with Gasteiger partial charge in [0.15, 0.2) is 0 Å². The molecule has 3 aromatic carbocycles. The number of rotatable bonds is 5. The molecule has 6 heteroatoms. The van der Waals surface area contributed by atoms with E-state index in [1.54, 1.807) is 30.3 Å². The van der Waals surface area contributed by atoms with Crippen LogP contribution in [0.1, 0.15) is 15.9 Å². The summed E-state index contributed by atoms with van der Waals surface area (Å²) in [5.74, 6) is -0.767. The third-order valence-electron chi connectivity index (χ3n) is 5.26. The minimum absolute atomic E-state index is 0.148. The van der Waals surface area contributed by atoms with Crippen molar-refractivity contribution in [3.8, 4) is 0 Å². The van der Waals surface area contributed by atoms with E-state index in [2.05, 4.69) is 20.6 Å². The Labute approximate surface area is 184 Å². The van der Waals surface area contributed by atoms with Gasteiger partial charge in [-0.3, -0.25) is 9.59 Å². The van der Waals surface area contributed by atoms with E-state index in [9.17, 15) is 9.59 Å². The molecule has 32 heavy (non-hydrogen) atoms. The molecule has 5 rings (SSSR count). The third kappa shape index (κ3) is 3.89. The number of amides is 2. The van der Waals surface area contributed by atoms with Crippen LogP contribution in [0.15, 0.2) is 97.0 Å². The van der Waals surface area contributed by atoms with Gasteiger partial charge in [0.05, 0.1) is 0 Å². The first-order chi connectivity index (χ1) is 15.7. The van der Waals surface area contributed by atoms with Crippen LogP contribution in [0.3, 0.4) is 0 Å². The third-order valence-corrected chi connectivity index (χ3v) is 5.26. The molecular formula is C26H20N4O2. The number of hydrogen-bond donors (Lipinski definition) is 4. The summed E-state index contributed by atoms with van der Waals surface area (Å²) >= 11 is 0. The average Bonchev–Trinajstić information content (AvgIpc) is 3.46. The highest BCUT2D eigenvalue weighted by Crippen LogP contribution is 2.22. The largest absolute Gasteiger partial charge is 0.361 e. The van der Waals surface area contributed by atoms with Crippen LogP contribution in [-0.4, -0.2) is 21.8 Å². The fourth-order valence-electron chi connectivity index (χ4n) is 3.64. The lowest BCUT2D eigenvalue weighted by molar-refractivity contribution is -0.113. The summed E-state index contributed by atoms with van der Waals surface area (Å²) in [5, 5.41) is 7.67. The van der Waals surface area contributed by atoms with Gasteiger partial charge in [-0.05, 0) is 47.9 Å². The summed E-state index contributed by atoms with van der Waals surface area (Å²) in [6, 6.07) is 24.2. The molecule has 0 aliphatic rings. The minimum Gasteiger partial charge on any atom is -0.361 e. The smallest absolute Gasteiger partial charge is 0.272 e. The van der Waals surface area contributed by atoms with Crippen molar-refractivity contribution < 1.29 is 9.59 Å². The number of benzene rings is 3. The standard InChI is InChI=1S/C26H20N4O2/c31-25(18-6-2-1-3-7-18)30-24(14-19-16-28-22-9-5-4-8-21(19)22)26(32)29-20-11-10-17-12-13-27-23(17)15-20/h1-16,27-28H,(H,29,32)(H,30,31)/b24-14-. The molecule has 0 radical (unpaired) electrons. The van der Waals surface area contributed by atoms with Crippen LogP contribution < -0.4 is 10.6 Å². The molecule has 2 aromatic heterocycles. The van der Waals surface area contributed by atoms with E-state index in [4.69, 9.17) is 0 Å². The summed E-state index contributed by atoms with van der Waals surface area (Å²) in [4.78, 5) is 32.3. The topological polar surface area (TPSA) is 89.8 Å². The lowest BCUT2D eigenvalue weighted by Crippen LogP contribution is -2.30.